The third kappa shape index (κ3) is 7.13. The molecule has 1 atom stereocenters. The van der Waals surface area contributed by atoms with E-state index in [0.29, 0.717) is 39.1 Å². The van der Waals surface area contributed by atoms with E-state index in [1.807, 2.05) is 19.9 Å². The number of ketones is 1. The molecule has 1 unspecified atom stereocenters. The molecule has 0 spiro atoms. The van der Waals surface area contributed by atoms with Crippen molar-refractivity contribution in [1.82, 2.24) is 0 Å². The SMILES string of the molecule is Cc1cc(C)c(C(=O)P(=O)(OCC(O)COc2ccc(C(=O)c3ccccc3)cc2)C(=O)c2c(C)cc(C)cc2C)c(C)c1. The molecule has 228 valence electrons. The highest BCUT2D eigenvalue weighted by Gasteiger charge is 2.45. The zero-order valence-corrected chi connectivity index (χ0v) is 26.7. The van der Waals surface area contributed by atoms with E-state index in [0.717, 1.165) is 11.1 Å². The Balaban J connectivity index is 1.53. The van der Waals surface area contributed by atoms with E-state index >= 15 is 0 Å². The molecule has 0 saturated carbocycles. The van der Waals surface area contributed by atoms with E-state index in [4.69, 9.17) is 9.26 Å². The first kappa shape index (κ1) is 32.7. The molecule has 0 heterocycles. The summed E-state index contributed by atoms with van der Waals surface area (Å²) in [6, 6.07) is 22.5. The van der Waals surface area contributed by atoms with Crippen molar-refractivity contribution in [3.8, 4) is 5.75 Å². The molecule has 4 aromatic rings. The van der Waals surface area contributed by atoms with E-state index in [1.165, 1.54) is 0 Å². The summed E-state index contributed by atoms with van der Waals surface area (Å²) in [6.07, 6.45) is -1.31. The predicted octanol–water partition coefficient (Wildman–Crippen LogP) is 7.48. The lowest BCUT2D eigenvalue weighted by Gasteiger charge is -2.22. The second-order valence-corrected chi connectivity index (χ2v) is 13.4. The minimum absolute atomic E-state index is 0.131. The van der Waals surface area contributed by atoms with Gasteiger partial charge in [0.1, 0.15) is 18.5 Å². The van der Waals surface area contributed by atoms with Crippen molar-refractivity contribution < 1.29 is 33.3 Å². The Kier molecular flexibility index (Phi) is 10.2. The number of carbonyl (C=O) groups is 3. The highest BCUT2D eigenvalue weighted by atomic mass is 31.2. The molecule has 0 radical (unpaired) electrons. The maximum atomic E-state index is 14.5. The Labute approximate surface area is 258 Å². The van der Waals surface area contributed by atoms with Gasteiger partial charge in [0.05, 0.1) is 6.61 Å². The van der Waals surface area contributed by atoms with Gasteiger partial charge in [0.15, 0.2) is 5.78 Å². The van der Waals surface area contributed by atoms with Gasteiger partial charge in [-0.1, -0.05) is 65.7 Å². The topological polar surface area (TPSA) is 107 Å². The van der Waals surface area contributed by atoms with Crippen LogP contribution in [0.25, 0.3) is 0 Å². The zero-order chi connectivity index (χ0) is 32.2. The van der Waals surface area contributed by atoms with Crippen LogP contribution < -0.4 is 4.74 Å². The summed E-state index contributed by atoms with van der Waals surface area (Å²) in [4.78, 5) is 40.6. The quantitative estimate of drug-likeness (QED) is 0.131. The first-order chi connectivity index (χ1) is 20.8. The molecule has 0 saturated heterocycles. The van der Waals surface area contributed by atoms with Gasteiger partial charge in [0.2, 0.25) is 0 Å². The lowest BCUT2D eigenvalue weighted by atomic mass is 10.0. The summed E-state index contributed by atoms with van der Waals surface area (Å²) < 4.78 is 25.8. The van der Waals surface area contributed by atoms with Crippen molar-refractivity contribution in [3.63, 3.8) is 0 Å². The van der Waals surface area contributed by atoms with E-state index in [1.54, 1.807) is 100 Å². The summed E-state index contributed by atoms with van der Waals surface area (Å²) >= 11 is 0. The van der Waals surface area contributed by atoms with Crippen LogP contribution in [0.5, 0.6) is 5.75 Å². The molecule has 8 heteroatoms. The molecular formula is C36H37O7P. The molecule has 0 aliphatic rings. The van der Waals surface area contributed by atoms with Crippen LogP contribution in [0.4, 0.5) is 0 Å². The average Bonchev–Trinajstić information content (AvgIpc) is 2.98. The fraction of sp³-hybridized carbons (Fsp3) is 0.250. The molecular weight excluding hydrogens is 575 g/mol. The van der Waals surface area contributed by atoms with Gasteiger partial charge in [-0.2, -0.15) is 0 Å². The van der Waals surface area contributed by atoms with Gasteiger partial charge in [-0.3, -0.25) is 18.9 Å². The van der Waals surface area contributed by atoms with Crippen molar-refractivity contribution in [2.45, 2.75) is 47.6 Å². The van der Waals surface area contributed by atoms with Gasteiger partial charge in [0, 0.05) is 22.3 Å². The van der Waals surface area contributed by atoms with Crippen LogP contribution in [0.2, 0.25) is 0 Å². The minimum atomic E-state index is -4.71. The molecule has 0 aliphatic heterocycles. The molecule has 0 aromatic heterocycles. The van der Waals surface area contributed by atoms with Crippen molar-refractivity contribution in [3.05, 3.63) is 134 Å². The molecule has 0 fully saturated rings. The minimum Gasteiger partial charge on any atom is -0.491 e. The summed E-state index contributed by atoms with van der Waals surface area (Å²) in [5, 5.41) is 10.7. The molecule has 0 amide bonds. The third-order valence-corrected chi connectivity index (χ3v) is 9.39. The van der Waals surface area contributed by atoms with Crippen LogP contribution in [-0.4, -0.2) is 41.3 Å². The molecule has 44 heavy (non-hydrogen) atoms. The average molecular weight is 613 g/mol. The van der Waals surface area contributed by atoms with Gasteiger partial charge in [-0.25, -0.2) is 0 Å². The van der Waals surface area contributed by atoms with E-state index < -0.39 is 31.1 Å². The van der Waals surface area contributed by atoms with Crippen LogP contribution in [0.1, 0.15) is 70.0 Å². The fourth-order valence-corrected chi connectivity index (χ4v) is 7.52. The van der Waals surface area contributed by atoms with E-state index in [9.17, 15) is 24.1 Å². The maximum Gasteiger partial charge on any atom is 0.340 e. The smallest absolute Gasteiger partial charge is 0.340 e. The number of carbonyl (C=O) groups excluding carboxylic acids is 3. The predicted molar refractivity (Wildman–Crippen MR) is 171 cm³/mol. The largest absolute Gasteiger partial charge is 0.491 e. The van der Waals surface area contributed by atoms with Crippen molar-refractivity contribution in [1.29, 1.82) is 0 Å². The summed E-state index contributed by atoms with van der Waals surface area (Å²) in [5.41, 5.74) is 3.77. The number of ether oxygens (including phenoxy) is 1. The zero-order valence-electron chi connectivity index (χ0n) is 25.8. The summed E-state index contributed by atoms with van der Waals surface area (Å²) in [5.74, 6) is 0.259. The van der Waals surface area contributed by atoms with E-state index in [2.05, 4.69) is 0 Å². The van der Waals surface area contributed by atoms with E-state index in [-0.39, 0.29) is 23.5 Å². The molecule has 4 rings (SSSR count). The van der Waals surface area contributed by atoms with Crippen LogP contribution in [-0.2, 0) is 9.09 Å². The van der Waals surface area contributed by atoms with Gasteiger partial charge < -0.3 is 14.4 Å². The molecule has 7 nitrogen and oxygen atoms in total. The van der Waals surface area contributed by atoms with Gasteiger partial charge in [0.25, 0.3) is 11.0 Å². The lowest BCUT2D eigenvalue weighted by molar-refractivity contribution is 0.0612. The van der Waals surface area contributed by atoms with Crippen LogP contribution in [0.3, 0.4) is 0 Å². The van der Waals surface area contributed by atoms with Crippen molar-refractivity contribution >= 4 is 24.2 Å². The molecule has 4 aromatic carbocycles. The molecule has 0 bridgehead atoms. The number of benzene rings is 4. The molecule has 0 aliphatic carbocycles. The van der Waals surface area contributed by atoms with Gasteiger partial charge >= 0.3 is 7.37 Å². The summed E-state index contributed by atoms with van der Waals surface area (Å²) in [6.45, 7) is 9.85. The van der Waals surface area contributed by atoms with Crippen molar-refractivity contribution in [2.75, 3.05) is 13.2 Å². The number of hydrogen-bond acceptors (Lipinski definition) is 7. The first-order valence-corrected chi connectivity index (χ1v) is 15.9. The van der Waals surface area contributed by atoms with Gasteiger partial charge in [-0.05, 0) is 88.1 Å². The number of hydrogen-bond donors (Lipinski definition) is 1. The van der Waals surface area contributed by atoms with Gasteiger partial charge in [-0.15, -0.1) is 0 Å². The van der Waals surface area contributed by atoms with Crippen LogP contribution in [0.15, 0.2) is 78.9 Å². The number of aryl methyl sites for hydroxylation is 6. The third-order valence-electron chi connectivity index (χ3n) is 7.36. The summed E-state index contributed by atoms with van der Waals surface area (Å²) in [7, 11) is -4.71. The van der Waals surface area contributed by atoms with Crippen LogP contribution >= 0.6 is 7.37 Å². The highest BCUT2D eigenvalue weighted by Crippen LogP contribution is 2.54. The monoisotopic (exact) mass is 612 g/mol. The van der Waals surface area contributed by atoms with Crippen molar-refractivity contribution in [2.24, 2.45) is 0 Å². The number of aliphatic hydroxyl groups is 1. The Bertz CT molecular complexity index is 1640. The normalized spacial score (nSPS) is 12.1. The fourth-order valence-electron chi connectivity index (χ4n) is 5.43. The standard InChI is InChI=1S/C36H37O7P/c1-22-16-24(3)32(25(4)17-22)35(39)44(41,36(40)33-26(5)18-23(2)19-27(33)6)43-21-30(37)20-42-31-14-12-29(13-15-31)34(38)28-10-8-7-9-11-28/h7-19,30,37H,20-21H2,1-6H3. The second kappa shape index (κ2) is 13.6. The Morgan fingerprint density at radius 3 is 1.55 bits per heavy atom. The first-order valence-electron chi connectivity index (χ1n) is 14.3. The Morgan fingerprint density at radius 1 is 0.659 bits per heavy atom. The van der Waals surface area contributed by atoms with Crippen LogP contribution in [0, 0.1) is 41.5 Å². The lowest BCUT2D eigenvalue weighted by Crippen LogP contribution is -2.26. The Hall–Kier alpha value is -4.16. The molecule has 1 N–H and O–H groups in total. The second-order valence-electron chi connectivity index (χ2n) is 11.2. The maximum absolute atomic E-state index is 14.5. The Morgan fingerprint density at radius 2 is 1.09 bits per heavy atom. The number of rotatable bonds is 12. The number of aliphatic hydroxyl groups excluding tert-OH is 1. The highest BCUT2D eigenvalue weighted by molar-refractivity contribution is 7.91.